The van der Waals surface area contributed by atoms with Gasteiger partial charge in [-0.1, -0.05) is 79.2 Å². The molecule has 3 aromatic carbocycles. The van der Waals surface area contributed by atoms with Gasteiger partial charge in [-0.15, -0.1) is 0 Å². The number of nitrogens with one attached hydrogen (secondary N) is 1. The molecule has 5 rings (SSSR count). The maximum Gasteiger partial charge on any atom is 0.223 e. The Morgan fingerprint density at radius 3 is 2.40 bits per heavy atom. The Bertz CT molecular complexity index is 1270. The lowest BCUT2D eigenvalue weighted by molar-refractivity contribution is -0.125. The van der Waals surface area contributed by atoms with Crippen molar-refractivity contribution in [3.8, 4) is 0 Å². The molecule has 1 saturated heterocycles. The molecule has 5 heteroatoms. The topological polar surface area (TPSA) is 50.2 Å². The molecule has 1 N–H and O–H groups in total. The van der Waals surface area contributed by atoms with E-state index < -0.39 is 0 Å². The minimum atomic E-state index is 0.0594. The van der Waals surface area contributed by atoms with Gasteiger partial charge in [-0.05, 0) is 48.9 Å². The van der Waals surface area contributed by atoms with E-state index in [0.717, 1.165) is 49.5 Å². The number of amides is 1. The van der Waals surface area contributed by atoms with Crippen molar-refractivity contribution in [3.63, 3.8) is 0 Å². The van der Waals surface area contributed by atoms with Crippen LogP contribution in [-0.4, -0.2) is 35.1 Å². The highest BCUT2D eigenvalue weighted by atomic mass is 16.1. The zero-order chi connectivity index (χ0) is 24.2. The summed E-state index contributed by atoms with van der Waals surface area (Å²) >= 11 is 0. The molecule has 180 valence electrons. The van der Waals surface area contributed by atoms with E-state index in [9.17, 15) is 4.79 Å². The summed E-state index contributed by atoms with van der Waals surface area (Å²) in [5.41, 5.74) is 5.96. The van der Waals surface area contributed by atoms with Crippen molar-refractivity contribution in [3.05, 3.63) is 95.6 Å². The number of piperidine rings is 1. The van der Waals surface area contributed by atoms with E-state index in [1.54, 1.807) is 0 Å². The van der Waals surface area contributed by atoms with Gasteiger partial charge in [0.25, 0.3) is 0 Å². The van der Waals surface area contributed by atoms with Gasteiger partial charge in [0.2, 0.25) is 11.9 Å². The van der Waals surface area contributed by atoms with Crippen molar-refractivity contribution in [2.75, 3.05) is 24.5 Å². The predicted octanol–water partition coefficient (Wildman–Crippen LogP) is 5.53. The first-order valence-corrected chi connectivity index (χ1v) is 12.7. The predicted molar refractivity (Wildman–Crippen MR) is 143 cm³/mol. The first-order chi connectivity index (χ1) is 17.1. The van der Waals surface area contributed by atoms with Crippen LogP contribution in [0, 0.1) is 12.8 Å². The number of aryl methyl sites for hydroxylation is 1. The number of rotatable bonds is 7. The van der Waals surface area contributed by atoms with Crippen LogP contribution >= 0.6 is 0 Å². The van der Waals surface area contributed by atoms with Crippen LogP contribution in [-0.2, 0) is 11.3 Å². The molecule has 1 aliphatic heterocycles. The lowest BCUT2D eigenvalue weighted by Gasteiger charge is -2.32. The summed E-state index contributed by atoms with van der Waals surface area (Å²) in [5.74, 6) is 1.55. The number of hydrogen-bond donors (Lipinski definition) is 1. The summed E-state index contributed by atoms with van der Waals surface area (Å²) < 4.78 is 2.32. The Hall–Kier alpha value is -3.60. The number of carbonyl (C=O) groups excluding carboxylic acids is 1. The Morgan fingerprint density at radius 1 is 0.971 bits per heavy atom. The molecule has 0 saturated carbocycles. The van der Waals surface area contributed by atoms with Crippen LogP contribution in [0.25, 0.3) is 11.0 Å². The molecule has 0 aliphatic carbocycles. The zero-order valence-corrected chi connectivity index (χ0v) is 20.7. The zero-order valence-electron chi connectivity index (χ0n) is 20.7. The highest BCUT2D eigenvalue weighted by Crippen LogP contribution is 2.28. The van der Waals surface area contributed by atoms with Crippen molar-refractivity contribution in [2.24, 2.45) is 5.92 Å². The number of carbonyl (C=O) groups is 1. The monoisotopic (exact) mass is 466 g/mol. The Kier molecular flexibility index (Phi) is 6.84. The van der Waals surface area contributed by atoms with Gasteiger partial charge in [-0.2, -0.15) is 0 Å². The summed E-state index contributed by atoms with van der Waals surface area (Å²) in [6.07, 6.45) is 1.69. The van der Waals surface area contributed by atoms with E-state index in [0.29, 0.717) is 12.5 Å². The SMILES string of the molecule is Cc1ccc(Cn2c(N3CCC(C(=O)NC[C@@H](C)c4ccccc4)CC3)nc3ccccc32)cc1. The highest BCUT2D eigenvalue weighted by Gasteiger charge is 2.28. The van der Waals surface area contributed by atoms with Crippen LogP contribution in [0.2, 0.25) is 0 Å². The van der Waals surface area contributed by atoms with Crippen molar-refractivity contribution in [2.45, 2.75) is 39.2 Å². The molecule has 1 amide bonds. The molecular formula is C30H34N4O. The molecule has 1 fully saturated rings. The summed E-state index contributed by atoms with van der Waals surface area (Å²) in [6, 6.07) is 27.4. The van der Waals surface area contributed by atoms with Crippen LogP contribution in [0.1, 0.15) is 42.4 Å². The quantitative estimate of drug-likeness (QED) is 0.390. The molecular weight excluding hydrogens is 432 g/mol. The van der Waals surface area contributed by atoms with Crippen LogP contribution in [0.5, 0.6) is 0 Å². The molecule has 1 aromatic heterocycles. The van der Waals surface area contributed by atoms with E-state index in [-0.39, 0.29) is 11.8 Å². The molecule has 35 heavy (non-hydrogen) atoms. The highest BCUT2D eigenvalue weighted by molar-refractivity contribution is 5.80. The molecule has 0 radical (unpaired) electrons. The number of benzene rings is 3. The second-order valence-corrected chi connectivity index (χ2v) is 9.79. The molecule has 0 bridgehead atoms. The van der Waals surface area contributed by atoms with Crippen LogP contribution in [0.4, 0.5) is 5.95 Å². The van der Waals surface area contributed by atoms with Gasteiger partial charge in [0.1, 0.15) is 0 Å². The lowest BCUT2D eigenvalue weighted by atomic mass is 9.95. The Morgan fingerprint density at radius 2 is 1.66 bits per heavy atom. The van der Waals surface area contributed by atoms with Crippen LogP contribution in [0.15, 0.2) is 78.9 Å². The second kappa shape index (κ2) is 10.3. The Balaban J connectivity index is 1.25. The molecule has 5 nitrogen and oxygen atoms in total. The number of aromatic nitrogens is 2. The minimum absolute atomic E-state index is 0.0594. The third-order valence-corrected chi connectivity index (χ3v) is 7.20. The number of fused-ring (bicyclic) bond motifs is 1. The van der Waals surface area contributed by atoms with E-state index in [1.807, 2.05) is 12.1 Å². The molecule has 2 heterocycles. The van der Waals surface area contributed by atoms with Gasteiger partial charge in [0.15, 0.2) is 0 Å². The third kappa shape index (κ3) is 5.24. The fraction of sp³-hybridized carbons (Fsp3) is 0.333. The summed E-state index contributed by atoms with van der Waals surface area (Å²) in [4.78, 5) is 20.3. The normalized spacial score (nSPS) is 15.3. The number of anilines is 1. The number of imidazole rings is 1. The smallest absolute Gasteiger partial charge is 0.223 e. The fourth-order valence-corrected chi connectivity index (χ4v) is 4.98. The van der Waals surface area contributed by atoms with Gasteiger partial charge >= 0.3 is 0 Å². The maximum atomic E-state index is 12.9. The van der Waals surface area contributed by atoms with Crippen molar-refractivity contribution in [1.82, 2.24) is 14.9 Å². The van der Waals surface area contributed by atoms with Crippen molar-refractivity contribution in [1.29, 1.82) is 0 Å². The van der Waals surface area contributed by atoms with E-state index >= 15 is 0 Å². The summed E-state index contributed by atoms with van der Waals surface area (Å²) in [6.45, 7) is 7.41. The van der Waals surface area contributed by atoms with E-state index in [2.05, 4.69) is 95.4 Å². The van der Waals surface area contributed by atoms with Crippen LogP contribution in [0.3, 0.4) is 0 Å². The Labute approximate surface area is 207 Å². The molecule has 4 aromatic rings. The van der Waals surface area contributed by atoms with E-state index in [1.165, 1.54) is 16.7 Å². The average Bonchev–Trinajstić information content (AvgIpc) is 3.27. The third-order valence-electron chi connectivity index (χ3n) is 7.20. The van der Waals surface area contributed by atoms with Gasteiger partial charge < -0.3 is 14.8 Å². The number of hydrogen-bond acceptors (Lipinski definition) is 3. The van der Waals surface area contributed by atoms with Gasteiger partial charge in [-0.3, -0.25) is 4.79 Å². The van der Waals surface area contributed by atoms with Gasteiger partial charge in [0.05, 0.1) is 17.6 Å². The number of para-hydroxylation sites is 2. The average molecular weight is 467 g/mol. The van der Waals surface area contributed by atoms with E-state index in [4.69, 9.17) is 4.98 Å². The first kappa shape index (κ1) is 23.2. The fourth-order valence-electron chi connectivity index (χ4n) is 4.98. The number of nitrogens with zero attached hydrogens (tertiary/aromatic N) is 3. The summed E-state index contributed by atoms with van der Waals surface area (Å²) in [5, 5.41) is 3.20. The van der Waals surface area contributed by atoms with Gasteiger partial charge in [0, 0.05) is 25.6 Å². The van der Waals surface area contributed by atoms with Crippen molar-refractivity contribution >= 4 is 22.9 Å². The summed E-state index contributed by atoms with van der Waals surface area (Å²) in [7, 11) is 0. The van der Waals surface area contributed by atoms with Crippen molar-refractivity contribution < 1.29 is 4.79 Å². The molecule has 0 spiro atoms. The maximum absolute atomic E-state index is 12.9. The molecule has 0 unspecified atom stereocenters. The molecule has 1 aliphatic rings. The second-order valence-electron chi connectivity index (χ2n) is 9.79. The van der Waals surface area contributed by atoms with Crippen LogP contribution < -0.4 is 10.2 Å². The minimum Gasteiger partial charge on any atom is -0.355 e. The molecule has 1 atom stereocenters. The first-order valence-electron chi connectivity index (χ1n) is 12.7. The standard InChI is InChI=1S/C30H34N4O/c1-22-12-14-24(15-13-22)21-34-28-11-7-6-10-27(28)32-30(34)33-18-16-26(17-19-33)29(35)31-20-23(2)25-8-4-3-5-9-25/h3-15,23,26H,16-21H2,1-2H3,(H,31,35)/t23-/m1/s1. The lowest BCUT2D eigenvalue weighted by Crippen LogP contribution is -2.42. The largest absolute Gasteiger partial charge is 0.355 e. The van der Waals surface area contributed by atoms with Gasteiger partial charge in [-0.25, -0.2) is 4.98 Å².